The van der Waals surface area contributed by atoms with Gasteiger partial charge in [-0.3, -0.25) is 4.68 Å². The number of nitrogens with zero attached hydrogens (tertiary/aromatic N) is 3. The molecule has 0 unspecified atom stereocenters. The molecule has 1 saturated heterocycles. The van der Waals surface area contributed by atoms with Gasteiger partial charge in [-0.05, 0) is 51.1 Å². The number of hydrogen-bond donors (Lipinski definition) is 1. The third-order valence-corrected chi connectivity index (χ3v) is 5.07. The van der Waals surface area contributed by atoms with E-state index in [1.54, 1.807) is 0 Å². The smallest absolute Gasteiger partial charge is 0.154 e. The molecule has 2 aliphatic rings. The summed E-state index contributed by atoms with van der Waals surface area (Å²) in [4.78, 5) is 4.85. The largest absolute Gasteiger partial charge is 0.317 e. The minimum Gasteiger partial charge on any atom is -0.317 e. The average molecular weight is 276 g/mol. The van der Waals surface area contributed by atoms with Crippen molar-refractivity contribution < 1.29 is 0 Å². The van der Waals surface area contributed by atoms with Crippen LogP contribution in [0.5, 0.6) is 0 Å². The van der Waals surface area contributed by atoms with Crippen LogP contribution in [0.15, 0.2) is 0 Å². The number of aromatic nitrogens is 3. The maximum absolute atomic E-state index is 4.85. The van der Waals surface area contributed by atoms with Gasteiger partial charge in [0.15, 0.2) is 5.82 Å². The van der Waals surface area contributed by atoms with E-state index in [0.29, 0.717) is 5.92 Å². The highest BCUT2D eigenvalue weighted by Crippen LogP contribution is 2.31. The molecule has 0 radical (unpaired) electrons. The highest BCUT2D eigenvalue weighted by molar-refractivity contribution is 5.01. The van der Waals surface area contributed by atoms with Crippen molar-refractivity contribution in [2.24, 2.45) is 13.0 Å². The van der Waals surface area contributed by atoms with Gasteiger partial charge < -0.3 is 5.32 Å². The zero-order valence-corrected chi connectivity index (χ0v) is 12.8. The molecule has 4 heteroatoms. The lowest BCUT2D eigenvalue weighted by molar-refractivity contribution is 0.351. The van der Waals surface area contributed by atoms with Crippen LogP contribution >= 0.6 is 0 Å². The SMILES string of the molecule is Cn1nc(C2CCCCC2)nc1CCC1CCNCC1. The van der Waals surface area contributed by atoms with Crippen LogP contribution in [0.1, 0.15) is 68.9 Å². The fourth-order valence-electron chi connectivity index (χ4n) is 3.69. The summed E-state index contributed by atoms with van der Waals surface area (Å²) in [5, 5.41) is 8.13. The van der Waals surface area contributed by atoms with Crippen molar-refractivity contribution in [1.82, 2.24) is 20.1 Å². The highest BCUT2D eigenvalue weighted by atomic mass is 15.3. The van der Waals surface area contributed by atoms with Crippen LogP contribution in [0, 0.1) is 5.92 Å². The van der Waals surface area contributed by atoms with Crippen molar-refractivity contribution in [3.8, 4) is 0 Å². The van der Waals surface area contributed by atoms with Crippen LogP contribution in [0.2, 0.25) is 0 Å². The molecule has 2 fully saturated rings. The summed E-state index contributed by atoms with van der Waals surface area (Å²) >= 11 is 0. The minimum atomic E-state index is 0.627. The van der Waals surface area contributed by atoms with Crippen molar-refractivity contribution in [2.75, 3.05) is 13.1 Å². The third kappa shape index (κ3) is 3.40. The number of aryl methyl sites for hydroxylation is 2. The summed E-state index contributed by atoms with van der Waals surface area (Å²) in [5.41, 5.74) is 0. The molecule has 1 N–H and O–H groups in total. The lowest BCUT2D eigenvalue weighted by atomic mass is 9.89. The van der Waals surface area contributed by atoms with Gasteiger partial charge in [-0.15, -0.1) is 0 Å². The Labute approximate surface area is 122 Å². The molecular formula is C16H28N4. The minimum absolute atomic E-state index is 0.627. The molecular weight excluding hydrogens is 248 g/mol. The predicted molar refractivity (Wildman–Crippen MR) is 80.7 cm³/mol. The van der Waals surface area contributed by atoms with Crippen LogP contribution in [0.3, 0.4) is 0 Å². The second-order valence-corrected chi connectivity index (χ2v) is 6.58. The molecule has 0 amide bonds. The molecule has 0 spiro atoms. The summed E-state index contributed by atoms with van der Waals surface area (Å²) in [5.74, 6) is 3.82. The van der Waals surface area contributed by atoms with E-state index in [1.165, 1.54) is 70.3 Å². The topological polar surface area (TPSA) is 42.7 Å². The fourth-order valence-corrected chi connectivity index (χ4v) is 3.69. The molecule has 1 aliphatic carbocycles. The van der Waals surface area contributed by atoms with Crippen LogP contribution in [-0.2, 0) is 13.5 Å². The van der Waals surface area contributed by atoms with Crippen LogP contribution in [0.4, 0.5) is 0 Å². The highest BCUT2D eigenvalue weighted by Gasteiger charge is 2.21. The Kier molecular flexibility index (Phi) is 4.71. The number of nitrogens with one attached hydrogen (secondary N) is 1. The normalized spacial score (nSPS) is 22.2. The standard InChI is InChI=1S/C16H28N4/c1-20-15(8-7-13-9-11-17-12-10-13)18-16(19-20)14-5-3-2-4-6-14/h13-14,17H,2-12H2,1H3. The molecule has 0 bridgehead atoms. The van der Waals surface area contributed by atoms with E-state index < -0.39 is 0 Å². The first-order chi connectivity index (χ1) is 9.83. The third-order valence-electron chi connectivity index (χ3n) is 5.07. The average Bonchev–Trinajstić information content (AvgIpc) is 2.88. The zero-order chi connectivity index (χ0) is 13.8. The van der Waals surface area contributed by atoms with E-state index >= 15 is 0 Å². The van der Waals surface area contributed by atoms with Gasteiger partial charge in [0, 0.05) is 19.4 Å². The Morgan fingerprint density at radius 1 is 1.10 bits per heavy atom. The second kappa shape index (κ2) is 6.70. The number of hydrogen-bond acceptors (Lipinski definition) is 3. The summed E-state index contributed by atoms with van der Waals surface area (Å²) < 4.78 is 2.03. The molecule has 4 nitrogen and oxygen atoms in total. The Bertz CT molecular complexity index is 414. The van der Waals surface area contributed by atoms with E-state index in [4.69, 9.17) is 10.1 Å². The number of piperidine rings is 1. The second-order valence-electron chi connectivity index (χ2n) is 6.58. The van der Waals surface area contributed by atoms with Crippen molar-refractivity contribution in [2.45, 2.75) is 63.7 Å². The van der Waals surface area contributed by atoms with Gasteiger partial charge in [0.25, 0.3) is 0 Å². The quantitative estimate of drug-likeness (QED) is 0.919. The van der Waals surface area contributed by atoms with Crippen molar-refractivity contribution in [3.63, 3.8) is 0 Å². The molecule has 0 atom stereocenters. The predicted octanol–water partition coefficient (Wildman–Crippen LogP) is 2.80. The molecule has 112 valence electrons. The Hall–Kier alpha value is -0.900. The molecule has 1 saturated carbocycles. The Morgan fingerprint density at radius 2 is 1.85 bits per heavy atom. The summed E-state index contributed by atoms with van der Waals surface area (Å²) in [6, 6.07) is 0. The van der Waals surface area contributed by atoms with Crippen molar-refractivity contribution in [3.05, 3.63) is 11.6 Å². The Morgan fingerprint density at radius 3 is 2.60 bits per heavy atom. The van der Waals surface area contributed by atoms with Crippen molar-refractivity contribution in [1.29, 1.82) is 0 Å². The van der Waals surface area contributed by atoms with E-state index in [0.717, 1.165) is 18.2 Å². The molecule has 1 aromatic rings. The van der Waals surface area contributed by atoms with E-state index in [9.17, 15) is 0 Å². The van der Waals surface area contributed by atoms with Crippen LogP contribution in [-0.4, -0.2) is 27.9 Å². The van der Waals surface area contributed by atoms with Gasteiger partial charge in [0.1, 0.15) is 5.82 Å². The van der Waals surface area contributed by atoms with Gasteiger partial charge in [0.2, 0.25) is 0 Å². The van der Waals surface area contributed by atoms with Gasteiger partial charge in [-0.1, -0.05) is 19.3 Å². The monoisotopic (exact) mass is 276 g/mol. The van der Waals surface area contributed by atoms with E-state index in [1.807, 2.05) is 4.68 Å². The Balaban J connectivity index is 1.57. The summed E-state index contributed by atoms with van der Waals surface area (Å²) in [6.45, 7) is 2.38. The lowest BCUT2D eigenvalue weighted by Crippen LogP contribution is -2.28. The van der Waals surface area contributed by atoms with Gasteiger partial charge >= 0.3 is 0 Å². The first-order valence-electron chi connectivity index (χ1n) is 8.43. The lowest BCUT2D eigenvalue weighted by Gasteiger charge is -2.22. The molecule has 1 aliphatic heterocycles. The molecule has 20 heavy (non-hydrogen) atoms. The summed E-state index contributed by atoms with van der Waals surface area (Å²) in [6.07, 6.45) is 11.7. The fraction of sp³-hybridized carbons (Fsp3) is 0.875. The van der Waals surface area contributed by atoms with Crippen molar-refractivity contribution >= 4 is 0 Å². The molecule has 1 aromatic heterocycles. The van der Waals surface area contributed by atoms with E-state index in [2.05, 4.69) is 12.4 Å². The molecule has 2 heterocycles. The van der Waals surface area contributed by atoms with E-state index in [-0.39, 0.29) is 0 Å². The zero-order valence-electron chi connectivity index (χ0n) is 12.8. The van der Waals surface area contributed by atoms with Gasteiger partial charge in [-0.2, -0.15) is 5.10 Å². The van der Waals surface area contributed by atoms with Crippen LogP contribution < -0.4 is 5.32 Å². The maximum Gasteiger partial charge on any atom is 0.154 e. The molecule has 0 aromatic carbocycles. The first kappa shape index (κ1) is 14.1. The van der Waals surface area contributed by atoms with Crippen LogP contribution in [0.25, 0.3) is 0 Å². The van der Waals surface area contributed by atoms with Gasteiger partial charge in [-0.25, -0.2) is 4.98 Å². The number of rotatable bonds is 4. The van der Waals surface area contributed by atoms with Gasteiger partial charge in [0.05, 0.1) is 0 Å². The summed E-state index contributed by atoms with van der Waals surface area (Å²) in [7, 11) is 2.07. The molecule has 3 rings (SSSR count). The first-order valence-corrected chi connectivity index (χ1v) is 8.43. The maximum atomic E-state index is 4.85.